The van der Waals surface area contributed by atoms with Crippen LogP contribution in [0, 0.1) is 0 Å². The summed E-state index contributed by atoms with van der Waals surface area (Å²) in [6.45, 7) is 0.633. The van der Waals surface area contributed by atoms with Crippen LogP contribution in [0.2, 0.25) is 0 Å². The Bertz CT molecular complexity index is 366. The summed E-state index contributed by atoms with van der Waals surface area (Å²) in [4.78, 5) is 12.6. The Morgan fingerprint density at radius 1 is 1.43 bits per heavy atom. The third-order valence-corrected chi connectivity index (χ3v) is 2.03. The topological polar surface area (TPSA) is 40.5 Å². The van der Waals surface area contributed by atoms with Gasteiger partial charge in [-0.25, -0.2) is 4.79 Å². The number of aliphatic carboxylic acids is 1. The molecule has 4 heteroatoms. The first-order valence-electron chi connectivity index (χ1n) is 4.04. The van der Waals surface area contributed by atoms with Gasteiger partial charge in [0.15, 0.2) is 0 Å². The molecule has 0 unspecified atom stereocenters. The number of nitrogens with zero attached hydrogens (tertiary/aromatic N) is 1. The maximum Gasteiger partial charge on any atom is 0.335 e. The monoisotopic (exact) mass is 189 g/mol. The molecule has 2 heterocycles. The second kappa shape index (κ2) is 4.00. The Labute approximate surface area is 84.3 Å². The van der Waals surface area contributed by atoms with Crippen LogP contribution in [0.25, 0.3) is 0 Å². The fraction of sp³-hybridized carbons (Fsp3) is 0.100. The summed E-state index contributed by atoms with van der Waals surface area (Å²) in [5, 5.41) is 8.76. The maximum atomic E-state index is 10.7. The highest BCUT2D eigenvalue weighted by Gasteiger charge is 2.14. The molecule has 0 atom stereocenters. The number of carbonyl (C=O) groups is 1. The molecule has 0 fully saturated rings. The van der Waals surface area contributed by atoms with Gasteiger partial charge < -0.3 is 10.0 Å². The van der Waals surface area contributed by atoms with Crippen LogP contribution < -0.4 is 0 Å². The molecule has 72 valence electrons. The molecule has 0 aliphatic carbocycles. The summed E-state index contributed by atoms with van der Waals surface area (Å²) in [7, 11) is 0. The minimum Gasteiger partial charge on any atom is -0.478 e. The van der Waals surface area contributed by atoms with E-state index in [2.05, 4.69) is 0 Å². The third kappa shape index (κ3) is 1.79. The maximum absolute atomic E-state index is 10.7. The van der Waals surface area contributed by atoms with Crippen LogP contribution in [0.4, 0.5) is 0 Å². The molecule has 0 aromatic heterocycles. The number of carboxylic acid groups (broad SMARTS) is 1. The Morgan fingerprint density at radius 2 is 2.21 bits per heavy atom. The molecule has 2 aliphatic rings. The van der Waals surface area contributed by atoms with Crippen molar-refractivity contribution in [1.82, 2.24) is 4.90 Å². The molecule has 0 radical (unpaired) electrons. The van der Waals surface area contributed by atoms with Crippen molar-refractivity contribution in [3.8, 4) is 0 Å². The zero-order valence-electron chi connectivity index (χ0n) is 6.97. The molecular weight excluding hydrogens is 177 g/mol. The van der Waals surface area contributed by atoms with Crippen LogP contribution in [0.15, 0.2) is 47.9 Å². The fourth-order valence-electron chi connectivity index (χ4n) is 1.35. The average Bonchev–Trinajstić information content (AvgIpc) is 2.17. The summed E-state index contributed by atoms with van der Waals surface area (Å²) in [5.74, 6) is -0.866. The molecule has 0 saturated carbocycles. The van der Waals surface area contributed by atoms with Crippen molar-refractivity contribution in [1.29, 1.82) is 0 Å². The van der Waals surface area contributed by atoms with E-state index < -0.39 is 5.97 Å². The molecule has 14 heavy (non-hydrogen) atoms. The minimum atomic E-state index is -0.866. The van der Waals surface area contributed by atoms with Gasteiger partial charge in [-0.05, 0) is 18.2 Å². The summed E-state index contributed by atoms with van der Waals surface area (Å²) in [5.41, 5.74) is 1.30. The lowest BCUT2D eigenvalue weighted by atomic mass is 10.1. The molecule has 0 spiro atoms. The molecule has 1 N–H and O–H groups in total. The molecule has 0 saturated heterocycles. The van der Waals surface area contributed by atoms with E-state index in [0.29, 0.717) is 12.1 Å². The Kier molecular flexibility index (Phi) is 2.97. The normalized spacial score (nSPS) is 17.9. The van der Waals surface area contributed by atoms with Gasteiger partial charge in [-0.2, -0.15) is 0 Å². The van der Waals surface area contributed by atoms with E-state index in [1.165, 1.54) is 0 Å². The molecular formula is C10H12BNO2. The molecule has 3 nitrogen and oxygen atoms in total. The van der Waals surface area contributed by atoms with Crippen LogP contribution in [-0.4, -0.2) is 30.9 Å². The van der Waals surface area contributed by atoms with Crippen LogP contribution in [0.1, 0.15) is 0 Å². The Morgan fingerprint density at radius 3 is 2.93 bits per heavy atom. The van der Waals surface area contributed by atoms with Crippen molar-refractivity contribution in [3.05, 3.63) is 47.9 Å². The summed E-state index contributed by atoms with van der Waals surface area (Å²) < 4.78 is 0. The van der Waals surface area contributed by atoms with Crippen molar-refractivity contribution in [2.24, 2.45) is 0 Å². The standard InChI is InChI=1S/C10H9NO2.BH3/c12-10(13)8-4-6-11-5-2-1-3-9(11)7-8;/h1-5,7H,6H2,(H,12,13);1H3. The molecule has 0 bridgehead atoms. The van der Waals surface area contributed by atoms with Crippen molar-refractivity contribution in [2.75, 3.05) is 6.54 Å². The van der Waals surface area contributed by atoms with Gasteiger partial charge in [0.2, 0.25) is 0 Å². The molecule has 2 rings (SSSR count). The minimum absolute atomic E-state index is 0. The van der Waals surface area contributed by atoms with Crippen LogP contribution in [-0.2, 0) is 4.79 Å². The van der Waals surface area contributed by atoms with E-state index in [4.69, 9.17) is 5.11 Å². The second-order valence-corrected chi connectivity index (χ2v) is 2.89. The van der Waals surface area contributed by atoms with Gasteiger partial charge >= 0.3 is 5.97 Å². The zero-order valence-corrected chi connectivity index (χ0v) is 6.97. The highest BCUT2D eigenvalue weighted by atomic mass is 16.4. The van der Waals surface area contributed by atoms with E-state index in [0.717, 1.165) is 5.70 Å². The summed E-state index contributed by atoms with van der Waals surface area (Å²) in [6, 6.07) is 0. The van der Waals surface area contributed by atoms with Gasteiger partial charge in [0.05, 0.1) is 14.0 Å². The van der Waals surface area contributed by atoms with E-state index in [1.807, 2.05) is 29.3 Å². The van der Waals surface area contributed by atoms with Gasteiger partial charge in [-0.15, -0.1) is 0 Å². The van der Waals surface area contributed by atoms with Crippen LogP contribution in [0.5, 0.6) is 0 Å². The zero-order chi connectivity index (χ0) is 9.26. The van der Waals surface area contributed by atoms with Gasteiger partial charge in [-0.1, -0.05) is 12.2 Å². The second-order valence-electron chi connectivity index (χ2n) is 2.89. The Balaban J connectivity index is 0.000000980. The lowest BCUT2D eigenvalue weighted by Crippen LogP contribution is -2.22. The highest BCUT2D eigenvalue weighted by Crippen LogP contribution is 2.19. The predicted octanol–water partition coefficient (Wildman–Crippen LogP) is 0.0965. The first-order chi connectivity index (χ1) is 6.27. The predicted molar refractivity (Wildman–Crippen MR) is 58.7 cm³/mol. The number of carboxylic acids is 1. The third-order valence-electron chi connectivity index (χ3n) is 2.03. The van der Waals surface area contributed by atoms with Gasteiger partial charge in [0.1, 0.15) is 0 Å². The summed E-state index contributed by atoms with van der Waals surface area (Å²) in [6.07, 6.45) is 11.0. The number of rotatable bonds is 1. The smallest absolute Gasteiger partial charge is 0.335 e. The Hall–Kier alpha value is -1.71. The van der Waals surface area contributed by atoms with E-state index in [1.54, 1.807) is 12.2 Å². The SMILES string of the molecule is B.O=C(O)C1=CCN2C=CC=CC2=C1. The van der Waals surface area contributed by atoms with E-state index >= 15 is 0 Å². The molecule has 0 aromatic carbocycles. The number of allylic oxidation sites excluding steroid dienone is 3. The lowest BCUT2D eigenvalue weighted by Gasteiger charge is -2.25. The molecule has 2 aliphatic heterocycles. The van der Waals surface area contributed by atoms with Crippen molar-refractivity contribution in [3.63, 3.8) is 0 Å². The van der Waals surface area contributed by atoms with Gasteiger partial charge in [0, 0.05) is 18.4 Å². The molecule has 0 aromatic rings. The summed E-state index contributed by atoms with van der Waals surface area (Å²) >= 11 is 0. The average molecular weight is 189 g/mol. The fourth-order valence-corrected chi connectivity index (χ4v) is 1.35. The van der Waals surface area contributed by atoms with E-state index in [-0.39, 0.29) is 8.41 Å². The first kappa shape index (κ1) is 10.4. The number of hydrogen-bond acceptors (Lipinski definition) is 2. The number of fused-ring (bicyclic) bond motifs is 1. The van der Waals surface area contributed by atoms with Crippen molar-refractivity contribution < 1.29 is 9.90 Å². The van der Waals surface area contributed by atoms with Crippen LogP contribution in [0.3, 0.4) is 0 Å². The largest absolute Gasteiger partial charge is 0.478 e. The highest BCUT2D eigenvalue weighted by molar-refractivity contribution is 5.90. The number of hydrogen-bond donors (Lipinski definition) is 1. The van der Waals surface area contributed by atoms with Crippen molar-refractivity contribution >= 4 is 14.4 Å². The van der Waals surface area contributed by atoms with Crippen molar-refractivity contribution in [2.45, 2.75) is 0 Å². The first-order valence-corrected chi connectivity index (χ1v) is 4.04. The molecule has 0 amide bonds. The van der Waals surface area contributed by atoms with Gasteiger partial charge in [-0.3, -0.25) is 0 Å². The quantitative estimate of drug-likeness (QED) is 0.594. The van der Waals surface area contributed by atoms with Gasteiger partial charge in [0.25, 0.3) is 0 Å². The van der Waals surface area contributed by atoms with Crippen LogP contribution >= 0.6 is 0 Å². The van der Waals surface area contributed by atoms with E-state index in [9.17, 15) is 4.79 Å². The lowest BCUT2D eigenvalue weighted by molar-refractivity contribution is -0.132.